The maximum atomic E-state index is 6.66. The standard InChI is InChI=1S/C12H23NO/c1-11(2)6-3-7-12(11,13)10-4-8-14-9-5-10/h10H,3-9,13H2,1-2H3. The van der Waals surface area contributed by atoms with Crippen molar-refractivity contribution in [1.29, 1.82) is 0 Å². The van der Waals surface area contributed by atoms with Crippen molar-refractivity contribution < 1.29 is 4.74 Å². The van der Waals surface area contributed by atoms with Crippen LogP contribution in [0.1, 0.15) is 46.0 Å². The number of rotatable bonds is 1. The molecule has 82 valence electrons. The molecule has 0 radical (unpaired) electrons. The molecular formula is C12H23NO. The molecule has 1 unspecified atom stereocenters. The largest absolute Gasteiger partial charge is 0.381 e. The van der Waals surface area contributed by atoms with Gasteiger partial charge in [-0.2, -0.15) is 0 Å². The minimum atomic E-state index is 0.0801. The molecule has 14 heavy (non-hydrogen) atoms. The van der Waals surface area contributed by atoms with Gasteiger partial charge in [0.05, 0.1) is 0 Å². The Kier molecular flexibility index (Phi) is 2.61. The van der Waals surface area contributed by atoms with Crippen LogP contribution >= 0.6 is 0 Å². The zero-order chi connectivity index (χ0) is 10.2. The third kappa shape index (κ3) is 1.49. The lowest BCUT2D eigenvalue weighted by Gasteiger charge is -2.46. The number of ether oxygens (including phenoxy) is 1. The second-order valence-corrected chi connectivity index (χ2v) is 5.66. The van der Waals surface area contributed by atoms with Gasteiger partial charge >= 0.3 is 0 Å². The van der Waals surface area contributed by atoms with E-state index in [1.165, 1.54) is 32.1 Å². The second kappa shape index (κ2) is 3.49. The fourth-order valence-electron chi connectivity index (χ4n) is 3.36. The molecule has 2 heteroatoms. The molecule has 2 nitrogen and oxygen atoms in total. The Bertz CT molecular complexity index is 208. The molecule has 0 aromatic carbocycles. The van der Waals surface area contributed by atoms with E-state index < -0.39 is 0 Å². The average molecular weight is 197 g/mol. The van der Waals surface area contributed by atoms with Crippen molar-refractivity contribution in [3.8, 4) is 0 Å². The Hall–Kier alpha value is -0.0800. The SMILES string of the molecule is CC1(C)CCCC1(N)C1CCOCC1. The van der Waals surface area contributed by atoms with Gasteiger partial charge in [0.2, 0.25) is 0 Å². The molecule has 2 aliphatic rings. The molecule has 2 N–H and O–H groups in total. The smallest absolute Gasteiger partial charge is 0.0469 e. The van der Waals surface area contributed by atoms with Crippen molar-refractivity contribution in [2.24, 2.45) is 17.1 Å². The highest BCUT2D eigenvalue weighted by molar-refractivity contribution is 5.06. The molecule has 0 amide bonds. The van der Waals surface area contributed by atoms with Crippen molar-refractivity contribution in [3.63, 3.8) is 0 Å². The van der Waals surface area contributed by atoms with Crippen LogP contribution in [0, 0.1) is 11.3 Å². The Balaban J connectivity index is 2.13. The van der Waals surface area contributed by atoms with Crippen LogP contribution in [0.4, 0.5) is 0 Å². The summed E-state index contributed by atoms with van der Waals surface area (Å²) in [4.78, 5) is 0. The summed E-state index contributed by atoms with van der Waals surface area (Å²) in [6.07, 6.45) is 6.15. The van der Waals surface area contributed by atoms with Crippen LogP contribution in [0.15, 0.2) is 0 Å². The first-order chi connectivity index (χ1) is 6.56. The van der Waals surface area contributed by atoms with Crippen LogP contribution in [0.5, 0.6) is 0 Å². The highest BCUT2D eigenvalue weighted by Crippen LogP contribution is 2.50. The Morgan fingerprint density at radius 3 is 2.29 bits per heavy atom. The molecule has 1 atom stereocenters. The van der Waals surface area contributed by atoms with Gasteiger partial charge in [0.1, 0.15) is 0 Å². The quantitative estimate of drug-likeness (QED) is 0.700. The fourth-order valence-corrected chi connectivity index (χ4v) is 3.36. The zero-order valence-electron chi connectivity index (χ0n) is 9.51. The minimum Gasteiger partial charge on any atom is -0.381 e. The van der Waals surface area contributed by atoms with E-state index in [0.717, 1.165) is 13.2 Å². The summed E-state index contributed by atoms with van der Waals surface area (Å²) >= 11 is 0. The third-order valence-corrected chi connectivity index (χ3v) is 4.60. The molecular weight excluding hydrogens is 174 g/mol. The van der Waals surface area contributed by atoms with E-state index in [4.69, 9.17) is 10.5 Å². The molecule has 1 saturated carbocycles. The molecule has 0 bridgehead atoms. The first kappa shape index (κ1) is 10.4. The normalized spacial score (nSPS) is 38.8. The summed E-state index contributed by atoms with van der Waals surface area (Å²) in [6, 6.07) is 0. The summed E-state index contributed by atoms with van der Waals surface area (Å²) < 4.78 is 5.42. The maximum Gasteiger partial charge on any atom is 0.0469 e. The first-order valence-electron chi connectivity index (χ1n) is 5.93. The van der Waals surface area contributed by atoms with Crippen LogP contribution in [0.3, 0.4) is 0 Å². The van der Waals surface area contributed by atoms with Gasteiger partial charge in [-0.1, -0.05) is 20.3 Å². The number of hydrogen-bond donors (Lipinski definition) is 1. The van der Waals surface area contributed by atoms with E-state index in [1.54, 1.807) is 0 Å². The van der Waals surface area contributed by atoms with Gasteiger partial charge in [-0.3, -0.25) is 0 Å². The fraction of sp³-hybridized carbons (Fsp3) is 1.00. The third-order valence-electron chi connectivity index (χ3n) is 4.60. The van der Waals surface area contributed by atoms with Crippen LogP contribution in [-0.2, 0) is 4.74 Å². The average Bonchev–Trinajstić information content (AvgIpc) is 2.44. The molecule has 1 saturated heterocycles. The predicted octanol–water partition coefficient (Wildman–Crippen LogP) is 2.32. The van der Waals surface area contributed by atoms with E-state index in [1.807, 2.05) is 0 Å². The number of nitrogens with two attached hydrogens (primary N) is 1. The van der Waals surface area contributed by atoms with Gasteiger partial charge in [0, 0.05) is 18.8 Å². The van der Waals surface area contributed by atoms with Crippen molar-refractivity contribution >= 4 is 0 Å². The van der Waals surface area contributed by atoms with E-state index in [9.17, 15) is 0 Å². The predicted molar refractivity (Wildman–Crippen MR) is 58.1 cm³/mol. The molecule has 2 rings (SSSR count). The van der Waals surface area contributed by atoms with Crippen molar-refractivity contribution in [1.82, 2.24) is 0 Å². The Morgan fingerprint density at radius 2 is 1.79 bits per heavy atom. The molecule has 0 aromatic heterocycles. The highest BCUT2D eigenvalue weighted by Gasteiger charge is 2.50. The first-order valence-corrected chi connectivity index (χ1v) is 5.93. The van der Waals surface area contributed by atoms with Crippen LogP contribution < -0.4 is 5.73 Å². The van der Waals surface area contributed by atoms with Gasteiger partial charge in [-0.05, 0) is 37.0 Å². The van der Waals surface area contributed by atoms with E-state index in [2.05, 4.69) is 13.8 Å². The number of hydrogen-bond acceptors (Lipinski definition) is 2. The molecule has 1 aliphatic carbocycles. The van der Waals surface area contributed by atoms with Gasteiger partial charge < -0.3 is 10.5 Å². The van der Waals surface area contributed by atoms with Crippen molar-refractivity contribution in [2.75, 3.05) is 13.2 Å². The zero-order valence-corrected chi connectivity index (χ0v) is 9.51. The monoisotopic (exact) mass is 197 g/mol. The minimum absolute atomic E-state index is 0.0801. The lowest BCUT2D eigenvalue weighted by molar-refractivity contribution is 0.0115. The molecule has 0 aromatic rings. The van der Waals surface area contributed by atoms with Crippen LogP contribution in [0.2, 0.25) is 0 Å². The van der Waals surface area contributed by atoms with E-state index in [-0.39, 0.29) is 5.54 Å². The Morgan fingerprint density at radius 1 is 1.14 bits per heavy atom. The summed E-state index contributed by atoms with van der Waals surface area (Å²) in [5.41, 5.74) is 7.06. The van der Waals surface area contributed by atoms with Crippen LogP contribution in [0.25, 0.3) is 0 Å². The second-order valence-electron chi connectivity index (χ2n) is 5.66. The van der Waals surface area contributed by atoms with Gasteiger partial charge in [-0.25, -0.2) is 0 Å². The molecule has 2 fully saturated rings. The topological polar surface area (TPSA) is 35.2 Å². The summed E-state index contributed by atoms with van der Waals surface area (Å²) in [5.74, 6) is 0.689. The van der Waals surface area contributed by atoms with Crippen molar-refractivity contribution in [2.45, 2.75) is 51.5 Å². The molecule has 1 aliphatic heterocycles. The lowest BCUT2D eigenvalue weighted by atomic mass is 9.66. The van der Waals surface area contributed by atoms with Crippen LogP contribution in [-0.4, -0.2) is 18.8 Å². The summed E-state index contributed by atoms with van der Waals surface area (Å²) in [7, 11) is 0. The molecule has 0 spiro atoms. The van der Waals surface area contributed by atoms with Gasteiger partial charge in [0.15, 0.2) is 0 Å². The van der Waals surface area contributed by atoms with Gasteiger partial charge in [0.25, 0.3) is 0 Å². The Labute approximate surface area is 87.2 Å². The summed E-state index contributed by atoms with van der Waals surface area (Å²) in [6.45, 7) is 6.52. The summed E-state index contributed by atoms with van der Waals surface area (Å²) in [5, 5.41) is 0. The molecule has 1 heterocycles. The van der Waals surface area contributed by atoms with E-state index >= 15 is 0 Å². The maximum absolute atomic E-state index is 6.66. The van der Waals surface area contributed by atoms with Crippen molar-refractivity contribution in [3.05, 3.63) is 0 Å². The van der Waals surface area contributed by atoms with E-state index in [0.29, 0.717) is 11.3 Å². The highest BCUT2D eigenvalue weighted by atomic mass is 16.5. The lowest BCUT2D eigenvalue weighted by Crippen LogP contribution is -2.55. The van der Waals surface area contributed by atoms with Gasteiger partial charge in [-0.15, -0.1) is 0 Å².